The highest BCUT2D eigenvalue weighted by atomic mass is 19.1. The Labute approximate surface area is 98.3 Å². The van der Waals surface area contributed by atoms with E-state index in [1.807, 2.05) is 6.92 Å². The lowest BCUT2D eigenvalue weighted by molar-refractivity contribution is 0.432. The second-order valence-corrected chi connectivity index (χ2v) is 3.55. The van der Waals surface area contributed by atoms with Crippen LogP contribution in [0, 0.1) is 12.7 Å². The number of aryl methyl sites for hydroxylation is 1. The minimum absolute atomic E-state index is 0.168. The average molecular weight is 233 g/mol. The van der Waals surface area contributed by atoms with E-state index in [2.05, 4.69) is 9.97 Å². The van der Waals surface area contributed by atoms with Crippen LogP contribution in [-0.2, 0) is 6.54 Å². The molecule has 0 aliphatic rings. The summed E-state index contributed by atoms with van der Waals surface area (Å²) in [5.41, 5.74) is 6.94. The molecule has 0 unspecified atom stereocenters. The number of hydrogen-bond acceptors (Lipinski definition) is 4. The maximum absolute atomic E-state index is 13.1. The van der Waals surface area contributed by atoms with E-state index in [1.54, 1.807) is 18.3 Å². The van der Waals surface area contributed by atoms with E-state index in [0.717, 1.165) is 5.56 Å². The van der Waals surface area contributed by atoms with Crippen LogP contribution in [-0.4, -0.2) is 9.97 Å². The monoisotopic (exact) mass is 233 g/mol. The smallest absolute Gasteiger partial charge is 0.322 e. The molecule has 2 rings (SSSR count). The van der Waals surface area contributed by atoms with Gasteiger partial charge < -0.3 is 10.5 Å². The van der Waals surface area contributed by atoms with Gasteiger partial charge in [-0.25, -0.2) is 9.37 Å². The molecule has 0 radical (unpaired) electrons. The first kappa shape index (κ1) is 11.5. The van der Waals surface area contributed by atoms with Crippen LogP contribution in [0.25, 0.3) is 0 Å². The van der Waals surface area contributed by atoms with E-state index in [9.17, 15) is 4.39 Å². The van der Waals surface area contributed by atoms with Crippen molar-refractivity contribution in [3.05, 3.63) is 47.5 Å². The molecule has 4 nitrogen and oxygen atoms in total. The first-order valence-electron chi connectivity index (χ1n) is 5.15. The van der Waals surface area contributed by atoms with E-state index in [-0.39, 0.29) is 11.8 Å². The lowest BCUT2D eigenvalue weighted by Gasteiger charge is -2.07. The van der Waals surface area contributed by atoms with Crippen LogP contribution in [0.3, 0.4) is 0 Å². The van der Waals surface area contributed by atoms with Gasteiger partial charge in [-0.2, -0.15) is 4.98 Å². The Bertz CT molecular complexity index is 531. The van der Waals surface area contributed by atoms with Crippen LogP contribution >= 0.6 is 0 Å². The third kappa shape index (κ3) is 2.76. The number of aromatic nitrogens is 2. The van der Waals surface area contributed by atoms with Crippen molar-refractivity contribution < 1.29 is 9.13 Å². The van der Waals surface area contributed by atoms with E-state index >= 15 is 0 Å². The number of ether oxygens (including phenoxy) is 1. The molecule has 5 heteroatoms. The summed E-state index contributed by atoms with van der Waals surface area (Å²) in [4.78, 5) is 8.02. The van der Waals surface area contributed by atoms with Gasteiger partial charge in [0.1, 0.15) is 11.6 Å². The Hall–Kier alpha value is -2.01. The van der Waals surface area contributed by atoms with Crippen LogP contribution in [0.4, 0.5) is 4.39 Å². The van der Waals surface area contributed by atoms with Crippen molar-refractivity contribution in [1.29, 1.82) is 0 Å². The molecule has 0 spiro atoms. The fraction of sp³-hybridized carbons (Fsp3) is 0.167. The van der Waals surface area contributed by atoms with Crippen molar-refractivity contribution >= 4 is 0 Å². The van der Waals surface area contributed by atoms with Crippen LogP contribution < -0.4 is 10.5 Å². The molecule has 0 saturated carbocycles. The molecule has 17 heavy (non-hydrogen) atoms. The van der Waals surface area contributed by atoms with Crippen molar-refractivity contribution in [2.45, 2.75) is 13.5 Å². The van der Waals surface area contributed by atoms with Crippen LogP contribution in [0.5, 0.6) is 11.8 Å². The van der Waals surface area contributed by atoms with Gasteiger partial charge in [-0.15, -0.1) is 0 Å². The van der Waals surface area contributed by atoms with Crippen LogP contribution in [0.15, 0.2) is 30.5 Å². The standard InChI is InChI=1S/C12H12FN3O/c1-8-2-3-9(13)6-11(8)17-12-15-5-4-10(7-14)16-12/h2-6H,7,14H2,1H3. The molecule has 0 fully saturated rings. The Kier molecular flexibility index (Phi) is 3.30. The third-order valence-electron chi connectivity index (χ3n) is 2.25. The Morgan fingerprint density at radius 3 is 2.94 bits per heavy atom. The number of rotatable bonds is 3. The molecule has 0 aliphatic carbocycles. The Morgan fingerprint density at radius 2 is 2.18 bits per heavy atom. The molecule has 0 amide bonds. The van der Waals surface area contributed by atoms with Gasteiger partial charge >= 0.3 is 6.01 Å². The maximum Gasteiger partial charge on any atom is 0.322 e. The van der Waals surface area contributed by atoms with Gasteiger partial charge in [0.15, 0.2) is 0 Å². The van der Waals surface area contributed by atoms with Gasteiger partial charge in [0.25, 0.3) is 0 Å². The molecule has 2 N–H and O–H groups in total. The predicted octanol–water partition coefficient (Wildman–Crippen LogP) is 2.18. The third-order valence-corrected chi connectivity index (χ3v) is 2.25. The molecular formula is C12H12FN3O. The molecule has 2 aromatic rings. The molecule has 1 aromatic carbocycles. The highest BCUT2D eigenvalue weighted by Crippen LogP contribution is 2.23. The largest absolute Gasteiger partial charge is 0.424 e. The van der Waals surface area contributed by atoms with Gasteiger partial charge in [-0.05, 0) is 24.6 Å². The van der Waals surface area contributed by atoms with Crippen molar-refractivity contribution in [2.75, 3.05) is 0 Å². The van der Waals surface area contributed by atoms with Crippen LogP contribution in [0.1, 0.15) is 11.3 Å². The van der Waals surface area contributed by atoms with Gasteiger partial charge in [0.05, 0.1) is 5.69 Å². The summed E-state index contributed by atoms with van der Waals surface area (Å²) in [5.74, 6) is 0.0414. The second kappa shape index (κ2) is 4.88. The minimum Gasteiger partial charge on any atom is -0.424 e. The van der Waals surface area contributed by atoms with Crippen molar-refractivity contribution in [1.82, 2.24) is 9.97 Å². The van der Waals surface area contributed by atoms with Gasteiger partial charge in [0.2, 0.25) is 0 Å². The zero-order valence-corrected chi connectivity index (χ0v) is 9.35. The molecule has 1 heterocycles. The molecule has 0 bridgehead atoms. The van der Waals surface area contributed by atoms with E-state index in [1.165, 1.54) is 12.1 Å². The predicted molar refractivity (Wildman–Crippen MR) is 61.1 cm³/mol. The Balaban J connectivity index is 2.27. The fourth-order valence-electron chi connectivity index (χ4n) is 1.32. The summed E-state index contributed by atoms with van der Waals surface area (Å²) in [6, 6.07) is 6.18. The highest BCUT2D eigenvalue weighted by molar-refractivity contribution is 5.34. The van der Waals surface area contributed by atoms with Crippen LogP contribution in [0.2, 0.25) is 0 Å². The summed E-state index contributed by atoms with van der Waals surface area (Å²) >= 11 is 0. The molecule has 0 aliphatic heterocycles. The summed E-state index contributed by atoms with van der Waals surface area (Å²) in [7, 11) is 0. The van der Waals surface area contributed by atoms with Crippen molar-refractivity contribution in [3.8, 4) is 11.8 Å². The maximum atomic E-state index is 13.1. The van der Waals surface area contributed by atoms with E-state index in [4.69, 9.17) is 10.5 Å². The van der Waals surface area contributed by atoms with Gasteiger partial charge in [-0.1, -0.05) is 6.07 Å². The number of halogens is 1. The quantitative estimate of drug-likeness (QED) is 0.882. The zero-order chi connectivity index (χ0) is 12.3. The van der Waals surface area contributed by atoms with Gasteiger partial charge in [0, 0.05) is 18.8 Å². The number of hydrogen-bond donors (Lipinski definition) is 1. The SMILES string of the molecule is Cc1ccc(F)cc1Oc1nccc(CN)n1. The van der Waals surface area contributed by atoms with Crippen molar-refractivity contribution in [2.24, 2.45) is 5.73 Å². The normalized spacial score (nSPS) is 10.3. The Morgan fingerprint density at radius 1 is 1.35 bits per heavy atom. The molecule has 0 saturated heterocycles. The first-order chi connectivity index (χ1) is 8.19. The fourth-order valence-corrected chi connectivity index (χ4v) is 1.32. The van der Waals surface area contributed by atoms with E-state index in [0.29, 0.717) is 18.0 Å². The lowest BCUT2D eigenvalue weighted by atomic mass is 10.2. The number of nitrogens with two attached hydrogens (primary N) is 1. The molecule has 88 valence electrons. The second-order valence-electron chi connectivity index (χ2n) is 3.55. The molecule has 1 aromatic heterocycles. The van der Waals surface area contributed by atoms with E-state index < -0.39 is 0 Å². The van der Waals surface area contributed by atoms with Crippen molar-refractivity contribution in [3.63, 3.8) is 0 Å². The first-order valence-corrected chi connectivity index (χ1v) is 5.15. The molecule has 0 atom stereocenters. The van der Waals surface area contributed by atoms with Gasteiger partial charge in [-0.3, -0.25) is 0 Å². The summed E-state index contributed by atoms with van der Waals surface area (Å²) in [5, 5.41) is 0. The summed E-state index contributed by atoms with van der Waals surface area (Å²) < 4.78 is 18.5. The minimum atomic E-state index is -0.361. The number of benzene rings is 1. The summed E-state index contributed by atoms with van der Waals surface area (Å²) in [6.07, 6.45) is 1.55. The highest BCUT2D eigenvalue weighted by Gasteiger charge is 2.05. The summed E-state index contributed by atoms with van der Waals surface area (Å²) in [6.45, 7) is 2.13. The topological polar surface area (TPSA) is 61.0 Å². The average Bonchev–Trinajstić information content (AvgIpc) is 2.34. The zero-order valence-electron chi connectivity index (χ0n) is 9.35. The molecular weight excluding hydrogens is 221 g/mol. The lowest BCUT2D eigenvalue weighted by Crippen LogP contribution is -2.02. The number of nitrogens with zero attached hydrogens (tertiary/aromatic N) is 2.